The highest BCUT2D eigenvalue weighted by Gasteiger charge is 2.11. The van der Waals surface area contributed by atoms with E-state index < -0.39 is 10.0 Å². The van der Waals surface area contributed by atoms with Crippen LogP contribution in [0.15, 0.2) is 29.2 Å². The highest BCUT2D eigenvalue weighted by atomic mass is 35.5. The zero-order chi connectivity index (χ0) is 8.48. The molecule has 0 fully saturated rings. The van der Waals surface area contributed by atoms with Gasteiger partial charge in [-0.2, -0.15) is 0 Å². The Bertz CT molecular complexity index is 363. The average Bonchev–Trinajstić information content (AvgIpc) is 1.86. The second-order valence-corrected chi connectivity index (χ2v) is 3.54. The summed E-state index contributed by atoms with van der Waals surface area (Å²) in [4.78, 5) is -0.250. The lowest BCUT2D eigenvalue weighted by atomic mass is 10.3. The minimum absolute atomic E-state index is 0. The van der Waals surface area contributed by atoms with Gasteiger partial charge in [-0.3, -0.25) is 0 Å². The third kappa shape index (κ3) is 2.37. The van der Waals surface area contributed by atoms with E-state index in [0.29, 0.717) is 0 Å². The Morgan fingerprint density at radius 2 is 1.75 bits per heavy atom. The van der Waals surface area contributed by atoms with Gasteiger partial charge >= 0.3 is 0 Å². The van der Waals surface area contributed by atoms with E-state index in [1.807, 2.05) is 0 Å². The molecule has 0 atom stereocenters. The van der Waals surface area contributed by atoms with Crippen LogP contribution in [0.3, 0.4) is 0 Å². The lowest BCUT2D eigenvalue weighted by Crippen LogP contribution is -2.11. The van der Waals surface area contributed by atoms with Crippen LogP contribution in [0.4, 0.5) is 0 Å². The molecule has 0 aliphatic heterocycles. The fourth-order valence-electron chi connectivity index (χ4n) is 0.698. The molecular weight excluding hydrogens is 202 g/mol. The zero-order valence-electron chi connectivity index (χ0n) is 5.97. The zero-order valence-corrected chi connectivity index (χ0v) is 7.60. The Hall–Kier alpha value is -0.780. The summed E-state index contributed by atoms with van der Waals surface area (Å²) in [6, 6.07) is 5.51. The summed E-state index contributed by atoms with van der Waals surface area (Å²) >= 11 is 0. The first-order valence-electron chi connectivity index (χ1n) is 2.82. The van der Waals surface area contributed by atoms with Crippen LogP contribution in [-0.2, 0) is 10.0 Å². The molecule has 68 valence electrons. The summed E-state index contributed by atoms with van der Waals surface area (Å²) in [7, 11) is -3.78. The van der Waals surface area contributed by atoms with Crippen molar-refractivity contribution in [2.24, 2.45) is 5.14 Å². The standard InChI is InChI=1S/C6H7NO3S.ClH/c7-11(9,10)6-4-2-1-3-5(6)8;/h1-4,8H,(H2,7,9,10);1H. The van der Waals surface area contributed by atoms with Crippen molar-refractivity contribution in [2.45, 2.75) is 4.90 Å². The van der Waals surface area contributed by atoms with Crippen molar-refractivity contribution in [1.29, 1.82) is 0 Å². The van der Waals surface area contributed by atoms with Gasteiger partial charge in [0.25, 0.3) is 0 Å². The average molecular weight is 210 g/mol. The first kappa shape index (κ1) is 11.2. The summed E-state index contributed by atoms with van der Waals surface area (Å²) in [5.74, 6) is -0.324. The summed E-state index contributed by atoms with van der Waals surface area (Å²) < 4.78 is 21.3. The summed E-state index contributed by atoms with van der Waals surface area (Å²) in [5.41, 5.74) is 0. The number of hydrogen-bond acceptors (Lipinski definition) is 3. The van der Waals surface area contributed by atoms with Crippen LogP contribution >= 0.6 is 12.4 Å². The van der Waals surface area contributed by atoms with Crippen LogP contribution in [0, 0.1) is 0 Å². The van der Waals surface area contributed by atoms with E-state index >= 15 is 0 Å². The third-order valence-electron chi connectivity index (χ3n) is 1.17. The molecule has 0 unspecified atom stereocenters. The number of halogens is 1. The van der Waals surface area contributed by atoms with Crippen LogP contribution in [0.2, 0.25) is 0 Å². The van der Waals surface area contributed by atoms with Crippen LogP contribution in [-0.4, -0.2) is 13.5 Å². The van der Waals surface area contributed by atoms with Gasteiger partial charge < -0.3 is 5.11 Å². The second-order valence-electron chi connectivity index (χ2n) is 2.01. The van der Waals surface area contributed by atoms with E-state index in [9.17, 15) is 8.42 Å². The predicted octanol–water partition coefficient (Wildman–Crippen LogP) is 0.461. The Kier molecular flexibility index (Phi) is 3.51. The number of phenolic OH excluding ortho intramolecular Hbond substituents is 1. The largest absolute Gasteiger partial charge is 0.507 e. The first-order chi connectivity index (χ1) is 5.02. The highest BCUT2D eigenvalue weighted by molar-refractivity contribution is 7.89. The quantitative estimate of drug-likeness (QED) is 0.705. The Morgan fingerprint density at radius 3 is 2.08 bits per heavy atom. The van der Waals surface area contributed by atoms with Crippen molar-refractivity contribution in [3.05, 3.63) is 24.3 Å². The molecule has 12 heavy (non-hydrogen) atoms. The molecule has 0 heterocycles. The van der Waals surface area contributed by atoms with Crippen molar-refractivity contribution in [3.8, 4) is 5.75 Å². The number of benzene rings is 1. The number of hydrogen-bond donors (Lipinski definition) is 2. The molecule has 0 saturated heterocycles. The Morgan fingerprint density at radius 1 is 1.25 bits per heavy atom. The van der Waals surface area contributed by atoms with E-state index in [0.717, 1.165) is 0 Å². The molecule has 4 nitrogen and oxygen atoms in total. The molecule has 0 saturated carbocycles. The molecule has 0 amide bonds. The maximum Gasteiger partial charge on any atom is 0.241 e. The van der Waals surface area contributed by atoms with Gasteiger partial charge in [-0.1, -0.05) is 12.1 Å². The maximum absolute atomic E-state index is 10.7. The van der Waals surface area contributed by atoms with Gasteiger partial charge in [-0.05, 0) is 12.1 Å². The van der Waals surface area contributed by atoms with Gasteiger partial charge in [-0.25, -0.2) is 13.6 Å². The fourth-order valence-corrected chi connectivity index (χ4v) is 1.33. The molecule has 0 aliphatic carbocycles. The third-order valence-corrected chi connectivity index (χ3v) is 2.13. The van der Waals surface area contributed by atoms with E-state index in [-0.39, 0.29) is 23.1 Å². The second kappa shape index (κ2) is 3.75. The van der Waals surface area contributed by atoms with E-state index in [1.54, 1.807) is 0 Å². The van der Waals surface area contributed by atoms with Gasteiger partial charge in [0.05, 0.1) is 0 Å². The molecule has 0 bridgehead atoms. The molecule has 3 N–H and O–H groups in total. The van der Waals surface area contributed by atoms with Crippen molar-refractivity contribution < 1.29 is 13.5 Å². The van der Waals surface area contributed by atoms with Crippen molar-refractivity contribution in [1.82, 2.24) is 0 Å². The number of nitrogens with two attached hydrogens (primary N) is 1. The number of rotatable bonds is 1. The smallest absolute Gasteiger partial charge is 0.241 e. The van der Waals surface area contributed by atoms with Crippen LogP contribution in [0.1, 0.15) is 0 Å². The Labute approximate surface area is 76.5 Å². The van der Waals surface area contributed by atoms with Gasteiger partial charge in [0.1, 0.15) is 10.6 Å². The molecule has 1 aromatic rings. The molecule has 1 aromatic carbocycles. The molecule has 0 spiro atoms. The first-order valence-corrected chi connectivity index (χ1v) is 4.37. The SMILES string of the molecule is Cl.NS(=O)(=O)c1ccccc1O. The number of sulfonamides is 1. The lowest BCUT2D eigenvalue weighted by Gasteiger charge is -1.98. The summed E-state index contributed by atoms with van der Waals surface area (Å²) in [6.07, 6.45) is 0. The maximum atomic E-state index is 10.7. The minimum atomic E-state index is -3.78. The molecule has 0 radical (unpaired) electrons. The molecule has 1 rings (SSSR count). The van der Waals surface area contributed by atoms with Gasteiger partial charge in [0.15, 0.2) is 0 Å². The van der Waals surface area contributed by atoms with Crippen LogP contribution in [0.5, 0.6) is 5.75 Å². The Balaban J connectivity index is 0.00000121. The number of phenols is 1. The number of primary sulfonamides is 1. The highest BCUT2D eigenvalue weighted by Crippen LogP contribution is 2.19. The summed E-state index contributed by atoms with van der Waals surface area (Å²) in [6.45, 7) is 0. The minimum Gasteiger partial charge on any atom is -0.507 e. The topological polar surface area (TPSA) is 80.4 Å². The number of aromatic hydroxyl groups is 1. The van der Waals surface area contributed by atoms with Crippen LogP contribution < -0.4 is 5.14 Å². The van der Waals surface area contributed by atoms with Crippen molar-refractivity contribution in [2.75, 3.05) is 0 Å². The van der Waals surface area contributed by atoms with E-state index in [1.165, 1.54) is 24.3 Å². The van der Waals surface area contributed by atoms with E-state index in [4.69, 9.17) is 10.2 Å². The number of para-hydroxylation sites is 1. The van der Waals surface area contributed by atoms with Gasteiger partial charge in [0, 0.05) is 0 Å². The van der Waals surface area contributed by atoms with Crippen molar-refractivity contribution in [3.63, 3.8) is 0 Å². The normalized spacial score (nSPS) is 10.4. The molecule has 0 aromatic heterocycles. The van der Waals surface area contributed by atoms with Crippen molar-refractivity contribution >= 4 is 22.4 Å². The fraction of sp³-hybridized carbons (Fsp3) is 0. The lowest BCUT2D eigenvalue weighted by molar-refractivity contribution is 0.459. The predicted molar refractivity (Wildman–Crippen MR) is 46.7 cm³/mol. The van der Waals surface area contributed by atoms with Gasteiger partial charge in [0.2, 0.25) is 10.0 Å². The van der Waals surface area contributed by atoms with Gasteiger partial charge in [-0.15, -0.1) is 12.4 Å². The van der Waals surface area contributed by atoms with Crippen LogP contribution in [0.25, 0.3) is 0 Å². The monoisotopic (exact) mass is 209 g/mol. The molecular formula is C6H8ClNO3S. The molecule has 6 heteroatoms. The van der Waals surface area contributed by atoms with E-state index in [2.05, 4.69) is 0 Å². The molecule has 0 aliphatic rings. The summed E-state index contributed by atoms with van der Waals surface area (Å²) in [5, 5.41) is 13.8.